The monoisotopic (exact) mass is 396 g/mol. The molecule has 0 spiro atoms. The maximum Gasteiger partial charge on any atom is 0.253 e. The van der Waals surface area contributed by atoms with Crippen molar-refractivity contribution in [3.8, 4) is 0 Å². The van der Waals surface area contributed by atoms with Gasteiger partial charge in [-0.3, -0.25) is 4.79 Å². The molecule has 2 aromatic rings. The van der Waals surface area contributed by atoms with Crippen LogP contribution in [-0.4, -0.2) is 66.6 Å². The van der Waals surface area contributed by atoms with Crippen molar-refractivity contribution in [2.24, 2.45) is 0 Å². The lowest BCUT2D eigenvalue weighted by Gasteiger charge is -2.32. The van der Waals surface area contributed by atoms with Crippen molar-refractivity contribution >= 4 is 16.8 Å². The molecular formula is C24H36N4O. The number of amides is 1. The zero-order valence-corrected chi connectivity index (χ0v) is 18.0. The Bertz CT molecular complexity index is 820. The second-order valence-electron chi connectivity index (χ2n) is 8.76. The third kappa shape index (κ3) is 4.84. The Morgan fingerprint density at radius 3 is 2.48 bits per heavy atom. The van der Waals surface area contributed by atoms with Gasteiger partial charge in [0.15, 0.2) is 0 Å². The number of hydrogen-bond donors (Lipinski definition) is 1. The van der Waals surface area contributed by atoms with Gasteiger partial charge in [-0.05, 0) is 45.3 Å². The molecule has 0 atom stereocenters. The fourth-order valence-electron chi connectivity index (χ4n) is 4.88. The van der Waals surface area contributed by atoms with Crippen LogP contribution in [0.3, 0.4) is 0 Å². The molecule has 0 aliphatic carbocycles. The zero-order valence-electron chi connectivity index (χ0n) is 18.0. The number of benzene rings is 1. The first-order valence-corrected chi connectivity index (χ1v) is 11.5. The van der Waals surface area contributed by atoms with Gasteiger partial charge in [0.1, 0.15) is 0 Å². The fraction of sp³-hybridized carbons (Fsp3) is 0.625. The molecule has 0 bridgehead atoms. The van der Waals surface area contributed by atoms with Gasteiger partial charge in [0, 0.05) is 55.9 Å². The second-order valence-corrected chi connectivity index (χ2v) is 8.76. The van der Waals surface area contributed by atoms with Crippen molar-refractivity contribution < 1.29 is 4.79 Å². The molecule has 3 heterocycles. The lowest BCUT2D eigenvalue weighted by Crippen LogP contribution is -2.44. The number of nitrogens with one attached hydrogen (secondary N) is 1. The summed E-state index contributed by atoms with van der Waals surface area (Å²) in [6.45, 7) is 7.97. The molecular weight excluding hydrogens is 360 g/mol. The highest BCUT2D eigenvalue weighted by molar-refractivity contribution is 6.08. The lowest BCUT2D eigenvalue weighted by atomic mass is 10.1. The number of carbonyl (C=O) groups is 1. The third-order valence-corrected chi connectivity index (χ3v) is 6.63. The Labute approximate surface area is 175 Å². The van der Waals surface area contributed by atoms with Crippen LogP contribution in [0.2, 0.25) is 0 Å². The predicted octanol–water partition coefficient (Wildman–Crippen LogP) is 3.52. The van der Waals surface area contributed by atoms with Crippen LogP contribution in [0.25, 0.3) is 10.9 Å². The van der Waals surface area contributed by atoms with Crippen LogP contribution in [-0.2, 0) is 13.0 Å². The summed E-state index contributed by atoms with van der Waals surface area (Å²) >= 11 is 0. The van der Waals surface area contributed by atoms with Crippen LogP contribution in [0.5, 0.6) is 0 Å². The Morgan fingerprint density at radius 2 is 1.66 bits per heavy atom. The number of para-hydroxylation sites is 1. The van der Waals surface area contributed by atoms with Crippen LogP contribution in [0.15, 0.2) is 24.3 Å². The van der Waals surface area contributed by atoms with E-state index in [-0.39, 0.29) is 5.91 Å². The van der Waals surface area contributed by atoms with Gasteiger partial charge < -0.3 is 19.7 Å². The molecule has 158 valence electrons. The van der Waals surface area contributed by atoms with E-state index in [1.807, 2.05) is 6.07 Å². The molecule has 0 saturated carbocycles. The Morgan fingerprint density at radius 1 is 0.931 bits per heavy atom. The summed E-state index contributed by atoms with van der Waals surface area (Å²) < 4.78 is 2.43. The van der Waals surface area contributed by atoms with Crippen molar-refractivity contribution in [3.63, 3.8) is 0 Å². The van der Waals surface area contributed by atoms with Crippen molar-refractivity contribution in [3.05, 3.63) is 35.5 Å². The summed E-state index contributed by atoms with van der Waals surface area (Å²) in [4.78, 5) is 17.6. The number of piperazine rings is 1. The number of likely N-dealkylation sites (N-methyl/N-ethyl adjacent to an activating group) is 1. The largest absolute Gasteiger partial charge is 0.352 e. The molecule has 1 N–H and O–H groups in total. The number of aromatic nitrogens is 1. The summed E-state index contributed by atoms with van der Waals surface area (Å²) in [5.74, 6) is 0.108. The summed E-state index contributed by atoms with van der Waals surface area (Å²) in [6, 6.07) is 8.42. The quantitative estimate of drug-likeness (QED) is 0.694. The number of fused-ring (bicyclic) bond motifs is 3. The van der Waals surface area contributed by atoms with E-state index in [0.717, 1.165) is 36.9 Å². The van der Waals surface area contributed by atoms with Gasteiger partial charge in [-0.15, -0.1) is 0 Å². The lowest BCUT2D eigenvalue weighted by molar-refractivity contribution is 0.0957. The number of unbranched alkanes of at least 4 members (excludes halogenated alkanes) is 4. The SMILES string of the molecule is CN1CCN(CCCCCCCn2c3c(c4ccccc42)C(=O)NCCC3)CC1. The molecule has 0 radical (unpaired) electrons. The van der Waals surface area contributed by atoms with Gasteiger partial charge in [0.2, 0.25) is 0 Å². The second kappa shape index (κ2) is 9.77. The highest BCUT2D eigenvalue weighted by atomic mass is 16.1. The number of aryl methyl sites for hydroxylation is 1. The van der Waals surface area contributed by atoms with Crippen molar-refractivity contribution in [2.75, 3.05) is 46.3 Å². The summed E-state index contributed by atoms with van der Waals surface area (Å²) in [5, 5.41) is 4.19. The molecule has 29 heavy (non-hydrogen) atoms. The van der Waals surface area contributed by atoms with Crippen LogP contribution in [0, 0.1) is 0 Å². The highest BCUT2D eigenvalue weighted by Crippen LogP contribution is 2.29. The minimum absolute atomic E-state index is 0.108. The molecule has 5 heteroatoms. The van der Waals surface area contributed by atoms with Crippen molar-refractivity contribution in [2.45, 2.75) is 51.5 Å². The normalized spacial score (nSPS) is 18.6. The van der Waals surface area contributed by atoms with Gasteiger partial charge in [-0.25, -0.2) is 0 Å². The molecule has 4 rings (SSSR count). The highest BCUT2D eigenvalue weighted by Gasteiger charge is 2.23. The van der Waals surface area contributed by atoms with E-state index in [1.165, 1.54) is 76.0 Å². The van der Waals surface area contributed by atoms with E-state index >= 15 is 0 Å². The van der Waals surface area contributed by atoms with Gasteiger partial charge in [0.25, 0.3) is 5.91 Å². The topological polar surface area (TPSA) is 40.5 Å². The minimum Gasteiger partial charge on any atom is -0.352 e. The van der Waals surface area contributed by atoms with E-state index in [9.17, 15) is 4.79 Å². The van der Waals surface area contributed by atoms with Gasteiger partial charge >= 0.3 is 0 Å². The molecule has 1 aromatic carbocycles. The van der Waals surface area contributed by atoms with Crippen LogP contribution >= 0.6 is 0 Å². The molecule has 2 aliphatic heterocycles. The molecule has 5 nitrogen and oxygen atoms in total. The smallest absolute Gasteiger partial charge is 0.253 e. The summed E-state index contributed by atoms with van der Waals surface area (Å²) in [6.07, 6.45) is 8.47. The van der Waals surface area contributed by atoms with Crippen LogP contribution in [0.4, 0.5) is 0 Å². The first-order chi connectivity index (χ1) is 14.2. The third-order valence-electron chi connectivity index (χ3n) is 6.63. The average Bonchev–Trinajstić information content (AvgIpc) is 2.92. The van der Waals surface area contributed by atoms with E-state index in [0.29, 0.717) is 0 Å². The Kier molecular flexibility index (Phi) is 6.88. The fourth-order valence-corrected chi connectivity index (χ4v) is 4.88. The minimum atomic E-state index is 0.108. The number of rotatable bonds is 8. The first-order valence-electron chi connectivity index (χ1n) is 11.5. The maximum absolute atomic E-state index is 12.6. The van der Waals surface area contributed by atoms with Crippen molar-refractivity contribution in [1.29, 1.82) is 0 Å². The van der Waals surface area contributed by atoms with E-state index in [1.54, 1.807) is 0 Å². The number of nitrogens with zero attached hydrogens (tertiary/aromatic N) is 3. The molecule has 1 amide bonds. The summed E-state index contributed by atoms with van der Waals surface area (Å²) in [7, 11) is 2.22. The Balaban J connectivity index is 1.27. The van der Waals surface area contributed by atoms with Crippen molar-refractivity contribution in [1.82, 2.24) is 19.7 Å². The van der Waals surface area contributed by atoms with Crippen LogP contribution < -0.4 is 5.32 Å². The molecule has 1 fully saturated rings. The molecule has 2 aliphatic rings. The standard InChI is InChI=1S/C24H36N4O/c1-26-16-18-27(19-17-26)14-7-3-2-4-8-15-28-21-11-6-5-10-20(21)23-22(28)12-9-13-25-24(23)29/h5-6,10-11H,2-4,7-9,12-19H2,1H3,(H,25,29). The number of hydrogen-bond acceptors (Lipinski definition) is 3. The number of carbonyl (C=O) groups excluding carboxylic acids is 1. The zero-order chi connectivity index (χ0) is 20.1. The molecule has 1 saturated heterocycles. The van der Waals surface area contributed by atoms with Gasteiger partial charge in [0.05, 0.1) is 5.56 Å². The summed E-state index contributed by atoms with van der Waals surface area (Å²) in [5.41, 5.74) is 3.39. The average molecular weight is 397 g/mol. The van der Waals surface area contributed by atoms with E-state index < -0.39 is 0 Å². The predicted molar refractivity (Wildman–Crippen MR) is 120 cm³/mol. The molecule has 0 unspecified atom stereocenters. The first kappa shape index (κ1) is 20.4. The Hall–Kier alpha value is -1.85. The van der Waals surface area contributed by atoms with Gasteiger partial charge in [-0.1, -0.05) is 37.5 Å². The maximum atomic E-state index is 12.6. The van der Waals surface area contributed by atoms with E-state index in [4.69, 9.17) is 0 Å². The van der Waals surface area contributed by atoms with Crippen LogP contribution in [0.1, 0.15) is 54.6 Å². The molecule has 1 aromatic heterocycles. The van der Waals surface area contributed by atoms with Gasteiger partial charge in [-0.2, -0.15) is 0 Å². The van der Waals surface area contributed by atoms with E-state index in [2.05, 4.69) is 44.9 Å².